The summed E-state index contributed by atoms with van der Waals surface area (Å²) in [6, 6.07) is 8.07. The smallest absolute Gasteiger partial charge is 0.484 e. The number of aromatic nitrogens is 3. The van der Waals surface area contributed by atoms with Crippen LogP contribution in [0.15, 0.2) is 41.7 Å². The van der Waals surface area contributed by atoms with Gasteiger partial charge in [0.05, 0.1) is 29.4 Å². The van der Waals surface area contributed by atoms with Gasteiger partial charge in [-0.2, -0.15) is 13.2 Å². The van der Waals surface area contributed by atoms with Crippen LogP contribution in [0.1, 0.15) is 25.1 Å². The molecule has 200 valence electrons. The first-order chi connectivity index (χ1) is 17.5. The number of halogens is 3. The van der Waals surface area contributed by atoms with Gasteiger partial charge in [-0.25, -0.2) is 19.1 Å². The summed E-state index contributed by atoms with van der Waals surface area (Å²) >= 11 is 1.21. The van der Waals surface area contributed by atoms with Crippen molar-refractivity contribution in [2.45, 2.75) is 44.0 Å². The number of pyridine rings is 1. The van der Waals surface area contributed by atoms with E-state index < -0.39 is 25.0 Å². The first kappa shape index (κ1) is 28.1. The number of amides is 1. The van der Waals surface area contributed by atoms with Crippen LogP contribution in [0.3, 0.4) is 0 Å². The van der Waals surface area contributed by atoms with E-state index in [1.807, 2.05) is 0 Å². The quantitative estimate of drug-likeness (QED) is 0.262. The maximum Gasteiger partial charge on any atom is 0.508 e. The number of ether oxygens (including phenoxy) is 3. The van der Waals surface area contributed by atoms with Crippen LogP contribution in [0.5, 0.6) is 5.75 Å². The Balaban J connectivity index is 1.75. The fourth-order valence-corrected chi connectivity index (χ4v) is 4.22. The highest BCUT2D eigenvalue weighted by Crippen LogP contribution is 2.30. The van der Waals surface area contributed by atoms with Gasteiger partial charge in [-0.05, 0) is 39.0 Å². The fourth-order valence-electron chi connectivity index (χ4n) is 3.20. The van der Waals surface area contributed by atoms with Crippen LogP contribution >= 0.6 is 11.8 Å². The standard InChI is InChI=1S/C24H27F3N4O5S/c1-15(2)36-23(33)34-12-11-30(4)22(32)31-19-8-6-5-7-17(19)29-21(31)37-13-18-16(3)20(9-10-28-18)35-14-24(25,26)27/h5-10,15H,11-14H2,1-4H3. The van der Waals surface area contributed by atoms with Crippen LogP contribution in [0.2, 0.25) is 0 Å². The van der Waals surface area contributed by atoms with E-state index in [4.69, 9.17) is 14.2 Å². The van der Waals surface area contributed by atoms with Crippen molar-refractivity contribution in [3.63, 3.8) is 0 Å². The molecule has 0 saturated heterocycles. The molecule has 0 aliphatic rings. The summed E-state index contributed by atoms with van der Waals surface area (Å²) < 4.78 is 54.0. The van der Waals surface area contributed by atoms with Crippen molar-refractivity contribution in [3.8, 4) is 5.75 Å². The molecule has 2 aromatic heterocycles. The molecule has 9 nitrogen and oxygen atoms in total. The molecule has 13 heteroatoms. The Morgan fingerprint density at radius 3 is 2.62 bits per heavy atom. The van der Waals surface area contributed by atoms with Gasteiger partial charge < -0.3 is 19.1 Å². The summed E-state index contributed by atoms with van der Waals surface area (Å²) in [4.78, 5) is 35.1. The van der Waals surface area contributed by atoms with Gasteiger partial charge in [0.1, 0.15) is 12.4 Å². The summed E-state index contributed by atoms with van der Waals surface area (Å²) in [5, 5.41) is 0.376. The lowest BCUT2D eigenvalue weighted by Gasteiger charge is -2.19. The van der Waals surface area contributed by atoms with E-state index in [0.717, 1.165) is 0 Å². The number of likely N-dealkylation sites (N-methyl/N-ethyl adjacent to an activating group) is 1. The maximum atomic E-state index is 13.3. The second kappa shape index (κ2) is 12.2. The summed E-state index contributed by atoms with van der Waals surface area (Å²) in [5.74, 6) is 0.322. The molecule has 37 heavy (non-hydrogen) atoms. The highest BCUT2D eigenvalue weighted by Gasteiger charge is 2.29. The number of imidazole rings is 1. The summed E-state index contributed by atoms with van der Waals surface area (Å²) in [7, 11) is 1.57. The van der Waals surface area contributed by atoms with Gasteiger partial charge in [-0.1, -0.05) is 23.9 Å². The first-order valence-electron chi connectivity index (χ1n) is 11.3. The van der Waals surface area contributed by atoms with Gasteiger partial charge in [0.15, 0.2) is 11.8 Å². The molecule has 0 aliphatic carbocycles. The number of alkyl halides is 3. The van der Waals surface area contributed by atoms with Crippen molar-refractivity contribution in [1.82, 2.24) is 19.4 Å². The minimum absolute atomic E-state index is 0.0588. The summed E-state index contributed by atoms with van der Waals surface area (Å²) in [6.07, 6.45) is -4.22. The predicted molar refractivity (Wildman–Crippen MR) is 131 cm³/mol. The third-order valence-corrected chi connectivity index (χ3v) is 5.96. The first-order valence-corrected chi connectivity index (χ1v) is 12.3. The Labute approximate surface area is 215 Å². The number of nitrogens with zero attached hydrogens (tertiary/aromatic N) is 4. The highest BCUT2D eigenvalue weighted by molar-refractivity contribution is 7.98. The number of hydrogen-bond donors (Lipinski definition) is 0. The van der Waals surface area contributed by atoms with E-state index in [-0.39, 0.29) is 30.8 Å². The van der Waals surface area contributed by atoms with E-state index in [1.54, 1.807) is 52.1 Å². The Hall–Kier alpha value is -3.48. The van der Waals surface area contributed by atoms with E-state index in [1.165, 1.54) is 33.5 Å². The lowest BCUT2D eigenvalue weighted by molar-refractivity contribution is -0.153. The molecular weight excluding hydrogens is 513 g/mol. The molecule has 0 fully saturated rings. The zero-order valence-corrected chi connectivity index (χ0v) is 21.6. The third-order valence-electron chi connectivity index (χ3n) is 5.01. The zero-order chi connectivity index (χ0) is 27.2. The van der Waals surface area contributed by atoms with E-state index in [9.17, 15) is 22.8 Å². The predicted octanol–water partition coefficient (Wildman–Crippen LogP) is 5.43. The van der Waals surface area contributed by atoms with Gasteiger partial charge in [0.2, 0.25) is 0 Å². The number of fused-ring (bicyclic) bond motifs is 1. The normalized spacial score (nSPS) is 11.6. The number of rotatable bonds is 9. The van der Waals surface area contributed by atoms with Crippen molar-refractivity contribution < 1.29 is 37.0 Å². The molecule has 0 radical (unpaired) electrons. The third kappa shape index (κ3) is 7.75. The number of para-hydroxylation sites is 2. The van der Waals surface area contributed by atoms with Crippen LogP contribution in [-0.2, 0) is 15.2 Å². The van der Waals surface area contributed by atoms with Crippen molar-refractivity contribution in [2.75, 3.05) is 26.8 Å². The average molecular weight is 541 g/mol. The Kier molecular flexibility index (Phi) is 9.24. The molecule has 2 heterocycles. The fraction of sp³-hybridized carbons (Fsp3) is 0.417. The lowest BCUT2D eigenvalue weighted by Crippen LogP contribution is -2.34. The van der Waals surface area contributed by atoms with Gasteiger partial charge in [0, 0.05) is 24.6 Å². The number of carbonyl (C=O) groups excluding carboxylic acids is 2. The molecule has 0 atom stereocenters. The van der Waals surface area contributed by atoms with Crippen molar-refractivity contribution in [2.24, 2.45) is 0 Å². The highest BCUT2D eigenvalue weighted by atomic mass is 32.2. The topological polar surface area (TPSA) is 95.8 Å². The average Bonchev–Trinajstić information content (AvgIpc) is 3.19. The van der Waals surface area contributed by atoms with Crippen LogP contribution in [0, 0.1) is 6.92 Å². The van der Waals surface area contributed by atoms with Crippen molar-refractivity contribution in [1.29, 1.82) is 0 Å². The molecule has 0 aliphatic heterocycles. The molecule has 0 saturated carbocycles. The maximum absolute atomic E-state index is 13.3. The molecule has 1 aromatic carbocycles. The lowest BCUT2D eigenvalue weighted by atomic mass is 10.2. The molecule has 3 aromatic rings. The van der Waals surface area contributed by atoms with Crippen LogP contribution in [0.4, 0.5) is 22.8 Å². The zero-order valence-electron chi connectivity index (χ0n) is 20.7. The SMILES string of the molecule is Cc1c(OCC(F)(F)F)ccnc1CSc1nc2ccccc2n1C(=O)N(C)CCOC(=O)OC(C)C. The van der Waals surface area contributed by atoms with Crippen molar-refractivity contribution in [3.05, 3.63) is 47.8 Å². The Morgan fingerprint density at radius 2 is 1.92 bits per heavy atom. The van der Waals surface area contributed by atoms with E-state index >= 15 is 0 Å². The number of benzene rings is 1. The summed E-state index contributed by atoms with van der Waals surface area (Å²) in [6.45, 7) is 3.67. The monoisotopic (exact) mass is 540 g/mol. The molecule has 1 amide bonds. The molecular formula is C24H27F3N4O5S. The molecule has 0 bridgehead atoms. The van der Waals surface area contributed by atoms with Crippen molar-refractivity contribution >= 4 is 35.0 Å². The van der Waals surface area contributed by atoms with Crippen LogP contribution < -0.4 is 4.74 Å². The van der Waals surface area contributed by atoms with Crippen LogP contribution in [-0.4, -0.2) is 70.7 Å². The van der Waals surface area contributed by atoms with Gasteiger partial charge in [0.25, 0.3) is 0 Å². The minimum Gasteiger partial charge on any atom is -0.484 e. The molecule has 0 N–H and O–H groups in total. The van der Waals surface area contributed by atoms with E-state index in [2.05, 4.69) is 9.97 Å². The molecule has 3 rings (SSSR count). The van der Waals surface area contributed by atoms with E-state index in [0.29, 0.717) is 27.4 Å². The number of carbonyl (C=O) groups is 2. The largest absolute Gasteiger partial charge is 0.508 e. The second-order valence-electron chi connectivity index (χ2n) is 8.26. The number of hydrogen-bond acceptors (Lipinski definition) is 8. The Morgan fingerprint density at radius 1 is 1.19 bits per heavy atom. The minimum atomic E-state index is -4.46. The van der Waals surface area contributed by atoms with Gasteiger partial charge in [-0.3, -0.25) is 4.98 Å². The summed E-state index contributed by atoms with van der Waals surface area (Å²) in [5.41, 5.74) is 2.14. The van der Waals surface area contributed by atoms with Gasteiger partial charge >= 0.3 is 18.4 Å². The van der Waals surface area contributed by atoms with Gasteiger partial charge in [-0.15, -0.1) is 0 Å². The number of thioether (sulfide) groups is 1. The Bertz CT molecular complexity index is 1250. The van der Waals surface area contributed by atoms with Crippen LogP contribution in [0.25, 0.3) is 11.0 Å². The molecule has 0 spiro atoms. The molecule has 0 unspecified atom stereocenters. The second-order valence-corrected chi connectivity index (χ2v) is 9.20.